The van der Waals surface area contributed by atoms with Gasteiger partial charge in [0.05, 0.1) is 5.52 Å². The third-order valence-corrected chi connectivity index (χ3v) is 5.87. The van der Waals surface area contributed by atoms with Gasteiger partial charge in [0.2, 0.25) is 0 Å². The molecule has 1 aromatic heterocycles. The number of oxazole rings is 1. The standard InChI is InChI=1S/C23H28N2O2/c1-16(7-8-17-5-3-2-4-6-17)24-20-12-9-18(10-13-20)19-11-14-21-22(15-19)27-23(26)25-21/h2-6,11,14-16,18,20,24H,7-10,12-13H2,1H3,(H,25,26)/t16-,18-,20-/m0/s1. The second-order valence-electron chi connectivity index (χ2n) is 7.91. The zero-order valence-electron chi connectivity index (χ0n) is 15.9. The van der Waals surface area contributed by atoms with E-state index >= 15 is 0 Å². The summed E-state index contributed by atoms with van der Waals surface area (Å²) in [7, 11) is 0. The Morgan fingerprint density at radius 1 is 1.11 bits per heavy atom. The summed E-state index contributed by atoms with van der Waals surface area (Å²) in [6.07, 6.45) is 7.08. The molecule has 1 saturated carbocycles. The number of benzene rings is 2. The van der Waals surface area contributed by atoms with Gasteiger partial charge in [0.25, 0.3) is 0 Å². The molecular formula is C23H28N2O2. The van der Waals surface area contributed by atoms with Gasteiger partial charge in [-0.15, -0.1) is 0 Å². The van der Waals surface area contributed by atoms with Crippen LogP contribution in [0.25, 0.3) is 11.1 Å². The van der Waals surface area contributed by atoms with Crippen LogP contribution in [0.3, 0.4) is 0 Å². The van der Waals surface area contributed by atoms with E-state index in [2.05, 4.69) is 53.6 Å². The van der Waals surface area contributed by atoms with E-state index in [9.17, 15) is 4.79 Å². The first-order valence-corrected chi connectivity index (χ1v) is 10.1. The summed E-state index contributed by atoms with van der Waals surface area (Å²) in [5.74, 6) is 0.187. The minimum Gasteiger partial charge on any atom is -0.408 e. The first kappa shape index (κ1) is 18.1. The molecule has 4 nitrogen and oxygen atoms in total. The van der Waals surface area contributed by atoms with E-state index in [0.29, 0.717) is 23.6 Å². The van der Waals surface area contributed by atoms with Crippen LogP contribution in [0.5, 0.6) is 0 Å². The number of hydrogen-bond acceptors (Lipinski definition) is 3. The highest BCUT2D eigenvalue weighted by atomic mass is 16.4. The van der Waals surface area contributed by atoms with Crippen molar-refractivity contribution >= 4 is 11.1 Å². The Kier molecular flexibility index (Phi) is 5.44. The normalized spacial score (nSPS) is 21.4. The van der Waals surface area contributed by atoms with E-state index in [-0.39, 0.29) is 5.76 Å². The van der Waals surface area contributed by atoms with Gasteiger partial charge >= 0.3 is 5.76 Å². The largest absolute Gasteiger partial charge is 0.417 e. The molecule has 4 heteroatoms. The third-order valence-electron chi connectivity index (χ3n) is 5.87. The highest BCUT2D eigenvalue weighted by Gasteiger charge is 2.23. The molecule has 0 radical (unpaired) electrons. The average molecular weight is 364 g/mol. The van der Waals surface area contributed by atoms with E-state index in [1.54, 1.807) is 0 Å². The maximum absolute atomic E-state index is 11.3. The minimum absolute atomic E-state index is 0.375. The lowest BCUT2D eigenvalue weighted by Crippen LogP contribution is -2.39. The van der Waals surface area contributed by atoms with Gasteiger partial charge in [-0.3, -0.25) is 4.98 Å². The lowest BCUT2D eigenvalue weighted by Gasteiger charge is -2.31. The van der Waals surface area contributed by atoms with Gasteiger partial charge in [-0.1, -0.05) is 36.4 Å². The summed E-state index contributed by atoms with van der Waals surface area (Å²) in [5, 5.41) is 3.83. The van der Waals surface area contributed by atoms with Crippen molar-refractivity contribution in [1.82, 2.24) is 10.3 Å². The Labute approximate surface area is 160 Å². The second kappa shape index (κ2) is 8.13. The lowest BCUT2D eigenvalue weighted by atomic mass is 9.81. The van der Waals surface area contributed by atoms with Crippen molar-refractivity contribution in [2.24, 2.45) is 0 Å². The van der Waals surface area contributed by atoms with Crippen molar-refractivity contribution in [2.75, 3.05) is 0 Å². The topological polar surface area (TPSA) is 58.0 Å². The van der Waals surface area contributed by atoms with Crippen molar-refractivity contribution in [1.29, 1.82) is 0 Å². The number of rotatable bonds is 6. The van der Waals surface area contributed by atoms with Crippen LogP contribution in [0, 0.1) is 0 Å². The molecule has 0 saturated heterocycles. The molecule has 0 bridgehead atoms. The Morgan fingerprint density at radius 2 is 1.89 bits per heavy atom. The van der Waals surface area contributed by atoms with E-state index in [1.165, 1.54) is 43.2 Å². The molecule has 0 amide bonds. The van der Waals surface area contributed by atoms with Crippen LogP contribution in [-0.4, -0.2) is 17.1 Å². The van der Waals surface area contributed by atoms with Gasteiger partial charge in [0.1, 0.15) is 0 Å². The molecule has 1 aliphatic carbocycles. The number of fused-ring (bicyclic) bond motifs is 1. The van der Waals surface area contributed by atoms with Gasteiger partial charge in [-0.05, 0) is 74.6 Å². The van der Waals surface area contributed by atoms with Crippen LogP contribution in [0.15, 0.2) is 57.7 Å². The fraction of sp³-hybridized carbons (Fsp3) is 0.435. The van der Waals surface area contributed by atoms with Crippen LogP contribution in [0.1, 0.15) is 56.1 Å². The molecule has 0 unspecified atom stereocenters. The number of aryl methyl sites for hydroxylation is 1. The van der Waals surface area contributed by atoms with Crippen LogP contribution in [0.4, 0.5) is 0 Å². The zero-order chi connectivity index (χ0) is 18.6. The van der Waals surface area contributed by atoms with Gasteiger partial charge in [-0.25, -0.2) is 4.79 Å². The molecule has 4 rings (SSSR count). The Balaban J connectivity index is 1.27. The number of H-pyrrole nitrogens is 1. The van der Waals surface area contributed by atoms with Crippen LogP contribution in [-0.2, 0) is 6.42 Å². The quantitative estimate of drug-likeness (QED) is 0.663. The van der Waals surface area contributed by atoms with Gasteiger partial charge in [0, 0.05) is 12.1 Å². The average Bonchev–Trinajstić information content (AvgIpc) is 3.07. The molecule has 1 aliphatic rings. The minimum atomic E-state index is -0.375. The van der Waals surface area contributed by atoms with E-state index in [0.717, 1.165) is 11.9 Å². The van der Waals surface area contributed by atoms with E-state index < -0.39 is 0 Å². The molecule has 0 aliphatic heterocycles. The first-order valence-electron chi connectivity index (χ1n) is 10.1. The molecular weight excluding hydrogens is 336 g/mol. The molecule has 27 heavy (non-hydrogen) atoms. The highest BCUT2D eigenvalue weighted by molar-refractivity contribution is 5.72. The summed E-state index contributed by atoms with van der Waals surface area (Å²) >= 11 is 0. The Bertz CT molecular complexity index is 920. The molecule has 2 N–H and O–H groups in total. The second-order valence-corrected chi connectivity index (χ2v) is 7.91. The lowest BCUT2D eigenvalue weighted by molar-refractivity contribution is 0.314. The van der Waals surface area contributed by atoms with Gasteiger partial charge in [0.15, 0.2) is 5.58 Å². The molecule has 0 spiro atoms. The van der Waals surface area contributed by atoms with Crippen molar-refractivity contribution in [3.05, 3.63) is 70.2 Å². The van der Waals surface area contributed by atoms with Crippen LogP contribution >= 0.6 is 0 Å². The molecule has 3 aromatic rings. The maximum Gasteiger partial charge on any atom is 0.417 e. The summed E-state index contributed by atoms with van der Waals surface area (Å²) in [5.41, 5.74) is 4.17. The summed E-state index contributed by atoms with van der Waals surface area (Å²) in [6.45, 7) is 2.30. The summed E-state index contributed by atoms with van der Waals surface area (Å²) in [4.78, 5) is 14.0. The van der Waals surface area contributed by atoms with Crippen molar-refractivity contribution in [3.63, 3.8) is 0 Å². The molecule has 142 valence electrons. The predicted octanol–water partition coefficient (Wildman–Crippen LogP) is 4.76. The predicted molar refractivity (Wildman–Crippen MR) is 109 cm³/mol. The first-order chi connectivity index (χ1) is 13.2. The van der Waals surface area contributed by atoms with Crippen molar-refractivity contribution < 1.29 is 4.42 Å². The highest BCUT2D eigenvalue weighted by Crippen LogP contribution is 2.34. The molecule has 2 aromatic carbocycles. The molecule has 1 atom stereocenters. The van der Waals surface area contributed by atoms with E-state index in [4.69, 9.17) is 4.42 Å². The molecule has 1 heterocycles. The van der Waals surface area contributed by atoms with E-state index in [1.807, 2.05) is 12.1 Å². The monoisotopic (exact) mass is 364 g/mol. The molecule has 1 fully saturated rings. The number of hydrogen-bond donors (Lipinski definition) is 2. The number of nitrogens with one attached hydrogen (secondary N) is 2. The fourth-order valence-corrected chi connectivity index (χ4v) is 4.32. The van der Waals surface area contributed by atoms with Crippen LogP contribution < -0.4 is 11.1 Å². The Morgan fingerprint density at radius 3 is 2.67 bits per heavy atom. The number of aromatic amines is 1. The van der Waals surface area contributed by atoms with Gasteiger partial charge < -0.3 is 9.73 Å². The smallest absolute Gasteiger partial charge is 0.408 e. The maximum atomic E-state index is 11.3. The van der Waals surface area contributed by atoms with Crippen molar-refractivity contribution in [2.45, 2.75) is 63.5 Å². The van der Waals surface area contributed by atoms with Gasteiger partial charge in [-0.2, -0.15) is 0 Å². The van der Waals surface area contributed by atoms with Crippen LogP contribution in [0.2, 0.25) is 0 Å². The SMILES string of the molecule is C[C@@H](CCc1ccccc1)N[C@H]1CC[C@H](c2ccc3[nH]c(=O)oc3c2)CC1. The fourth-order valence-electron chi connectivity index (χ4n) is 4.32. The Hall–Kier alpha value is -2.33. The summed E-state index contributed by atoms with van der Waals surface area (Å²) < 4.78 is 5.21. The summed E-state index contributed by atoms with van der Waals surface area (Å²) in [6, 6.07) is 18.0. The number of aromatic nitrogens is 1. The zero-order valence-corrected chi connectivity index (χ0v) is 15.9. The van der Waals surface area contributed by atoms with Crippen molar-refractivity contribution in [3.8, 4) is 0 Å². The third kappa shape index (κ3) is 4.51.